The Balaban J connectivity index is 2.10. The number of thiazole rings is 1. The number of nitrogens with one attached hydrogen (secondary N) is 1. The molecule has 1 aromatic heterocycles. The molecule has 0 aliphatic carbocycles. The van der Waals surface area contributed by atoms with Crippen LogP contribution in [-0.4, -0.2) is 48.6 Å². The lowest BCUT2D eigenvalue weighted by Crippen LogP contribution is -2.32. The fourth-order valence-corrected chi connectivity index (χ4v) is 4.79. The van der Waals surface area contributed by atoms with E-state index in [2.05, 4.69) is 24.2 Å². The van der Waals surface area contributed by atoms with Crippen molar-refractivity contribution >= 4 is 23.1 Å². The van der Waals surface area contributed by atoms with Crippen molar-refractivity contribution in [2.45, 2.75) is 32.5 Å². The first-order chi connectivity index (χ1) is 9.76. The van der Waals surface area contributed by atoms with Gasteiger partial charge in [-0.3, -0.25) is 4.90 Å². The van der Waals surface area contributed by atoms with Crippen molar-refractivity contribution in [3.63, 3.8) is 0 Å². The fourth-order valence-electron chi connectivity index (χ4n) is 2.26. The number of thioether (sulfide) groups is 1. The van der Waals surface area contributed by atoms with Crippen LogP contribution in [0, 0.1) is 0 Å². The van der Waals surface area contributed by atoms with Crippen LogP contribution in [0.4, 0.5) is 0 Å². The summed E-state index contributed by atoms with van der Waals surface area (Å²) in [7, 11) is 3.95. The Kier molecular flexibility index (Phi) is 6.77. The summed E-state index contributed by atoms with van der Waals surface area (Å²) in [5.74, 6) is 2.38. The number of ether oxygens (including phenoxy) is 1. The minimum absolute atomic E-state index is 0.467. The number of hydrogen-bond acceptors (Lipinski definition) is 6. The van der Waals surface area contributed by atoms with Gasteiger partial charge in [0.1, 0.15) is 5.01 Å². The van der Waals surface area contributed by atoms with Crippen LogP contribution in [0.3, 0.4) is 0 Å². The van der Waals surface area contributed by atoms with Gasteiger partial charge in [0.25, 0.3) is 0 Å². The van der Waals surface area contributed by atoms with Gasteiger partial charge in [0.15, 0.2) is 0 Å². The Morgan fingerprint density at radius 1 is 1.50 bits per heavy atom. The lowest BCUT2D eigenvalue weighted by Gasteiger charge is -2.30. The van der Waals surface area contributed by atoms with Crippen LogP contribution in [0.15, 0.2) is 0 Å². The lowest BCUT2D eigenvalue weighted by molar-refractivity contribution is 0.180. The molecule has 1 aliphatic heterocycles. The second-order valence-corrected chi connectivity index (χ2v) is 7.37. The van der Waals surface area contributed by atoms with Gasteiger partial charge in [0.2, 0.25) is 0 Å². The Morgan fingerprint density at radius 2 is 2.35 bits per heavy atom. The molecule has 2 rings (SSSR count). The first-order valence-corrected chi connectivity index (χ1v) is 9.19. The van der Waals surface area contributed by atoms with Crippen LogP contribution in [-0.2, 0) is 17.9 Å². The molecule has 4 nitrogen and oxygen atoms in total. The maximum atomic E-state index is 5.30. The maximum absolute atomic E-state index is 5.30. The molecular weight excluding hydrogens is 290 g/mol. The molecule has 0 amide bonds. The van der Waals surface area contributed by atoms with E-state index in [1.165, 1.54) is 15.6 Å². The summed E-state index contributed by atoms with van der Waals surface area (Å²) < 4.78 is 5.30. The zero-order chi connectivity index (χ0) is 14.4. The van der Waals surface area contributed by atoms with Crippen LogP contribution in [0.2, 0.25) is 0 Å². The topological polar surface area (TPSA) is 37.4 Å². The molecule has 6 heteroatoms. The minimum Gasteiger partial charge on any atom is -0.378 e. The molecule has 1 N–H and O–H groups in total. The second kappa shape index (κ2) is 8.34. The molecule has 114 valence electrons. The number of rotatable bonds is 7. The molecule has 2 heterocycles. The van der Waals surface area contributed by atoms with Gasteiger partial charge in [-0.1, -0.05) is 6.92 Å². The summed E-state index contributed by atoms with van der Waals surface area (Å²) in [6, 6.07) is 0.467. The zero-order valence-corrected chi connectivity index (χ0v) is 14.3. The van der Waals surface area contributed by atoms with E-state index in [0.29, 0.717) is 12.6 Å². The SMILES string of the molecule is CCCNCc1sc(C2CSCCN2C)nc1COC. The number of hydrogen-bond donors (Lipinski definition) is 1. The molecule has 0 aromatic carbocycles. The van der Waals surface area contributed by atoms with Gasteiger partial charge in [-0.25, -0.2) is 4.98 Å². The third-order valence-corrected chi connectivity index (χ3v) is 5.69. The van der Waals surface area contributed by atoms with Gasteiger partial charge in [-0.15, -0.1) is 11.3 Å². The van der Waals surface area contributed by atoms with E-state index in [1.54, 1.807) is 7.11 Å². The Bertz CT molecular complexity index is 411. The third-order valence-electron chi connectivity index (χ3n) is 3.47. The summed E-state index contributed by atoms with van der Waals surface area (Å²) in [5, 5.41) is 4.72. The van der Waals surface area contributed by atoms with Gasteiger partial charge >= 0.3 is 0 Å². The number of aromatic nitrogens is 1. The first-order valence-electron chi connectivity index (χ1n) is 7.22. The van der Waals surface area contributed by atoms with Crippen molar-refractivity contribution in [2.24, 2.45) is 0 Å². The van der Waals surface area contributed by atoms with E-state index in [4.69, 9.17) is 9.72 Å². The van der Waals surface area contributed by atoms with E-state index in [1.807, 2.05) is 23.1 Å². The van der Waals surface area contributed by atoms with Crippen LogP contribution in [0.25, 0.3) is 0 Å². The molecule has 1 saturated heterocycles. The van der Waals surface area contributed by atoms with Gasteiger partial charge in [-0.2, -0.15) is 11.8 Å². The zero-order valence-electron chi connectivity index (χ0n) is 12.6. The van der Waals surface area contributed by atoms with Crippen molar-refractivity contribution in [3.05, 3.63) is 15.6 Å². The molecule has 0 saturated carbocycles. The smallest absolute Gasteiger partial charge is 0.111 e. The van der Waals surface area contributed by atoms with Crippen LogP contribution < -0.4 is 5.32 Å². The van der Waals surface area contributed by atoms with Gasteiger partial charge in [0.05, 0.1) is 18.3 Å². The molecule has 0 radical (unpaired) electrons. The highest BCUT2D eigenvalue weighted by molar-refractivity contribution is 7.99. The van der Waals surface area contributed by atoms with Crippen molar-refractivity contribution in [1.82, 2.24) is 15.2 Å². The molecule has 1 fully saturated rings. The summed E-state index contributed by atoms with van der Waals surface area (Å²) in [5.41, 5.74) is 1.11. The predicted molar refractivity (Wildman–Crippen MR) is 87.5 cm³/mol. The molecule has 1 unspecified atom stereocenters. The van der Waals surface area contributed by atoms with Crippen molar-refractivity contribution in [1.29, 1.82) is 0 Å². The molecule has 0 bridgehead atoms. The highest BCUT2D eigenvalue weighted by atomic mass is 32.2. The Morgan fingerprint density at radius 3 is 3.05 bits per heavy atom. The van der Waals surface area contributed by atoms with Gasteiger partial charge in [0, 0.05) is 36.6 Å². The van der Waals surface area contributed by atoms with Gasteiger partial charge in [-0.05, 0) is 20.0 Å². The molecule has 1 atom stereocenters. The van der Waals surface area contributed by atoms with Crippen molar-refractivity contribution in [3.8, 4) is 0 Å². The van der Waals surface area contributed by atoms with Gasteiger partial charge < -0.3 is 10.1 Å². The second-order valence-electron chi connectivity index (χ2n) is 5.10. The molecule has 0 spiro atoms. The summed E-state index contributed by atoms with van der Waals surface area (Å²) in [6.07, 6.45) is 1.16. The largest absolute Gasteiger partial charge is 0.378 e. The van der Waals surface area contributed by atoms with E-state index >= 15 is 0 Å². The molecule has 20 heavy (non-hydrogen) atoms. The normalized spacial score (nSPS) is 20.4. The maximum Gasteiger partial charge on any atom is 0.111 e. The van der Waals surface area contributed by atoms with E-state index in [-0.39, 0.29) is 0 Å². The molecule has 1 aromatic rings. The summed E-state index contributed by atoms with van der Waals surface area (Å²) >= 11 is 3.88. The van der Waals surface area contributed by atoms with E-state index < -0.39 is 0 Å². The monoisotopic (exact) mass is 315 g/mol. The molecule has 1 aliphatic rings. The highest BCUT2D eigenvalue weighted by Gasteiger charge is 2.25. The minimum atomic E-state index is 0.467. The molecular formula is C14H25N3OS2. The predicted octanol–water partition coefficient (Wildman–Crippen LogP) is 2.51. The third kappa shape index (κ3) is 4.18. The van der Waals surface area contributed by atoms with Crippen LogP contribution >= 0.6 is 23.1 Å². The Labute approximate surface area is 130 Å². The first kappa shape index (κ1) is 16.2. The average molecular weight is 316 g/mol. The standard InChI is InChI=1S/C14H25N3OS2/c1-4-5-15-8-13-11(9-18-3)16-14(20-13)12-10-19-7-6-17(12)2/h12,15H,4-10H2,1-3H3. The van der Waals surface area contributed by atoms with Crippen molar-refractivity contribution < 1.29 is 4.74 Å². The van der Waals surface area contributed by atoms with Crippen molar-refractivity contribution in [2.75, 3.05) is 38.8 Å². The van der Waals surface area contributed by atoms with Crippen LogP contribution in [0.1, 0.15) is 35.0 Å². The summed E-state index contributed by atoms with van der Waals surface area (Å²) in [6.45, 7) is 5.92. The number of methoxy groups -OCH3 is 1. The van der Waals surface area contributed by atoms with E-state index in [0.717, 1.165) is 37.5 Å². The fraction of sp³-hybridized carbons (Fsp3) is 0.786. The Hall–Kier alpha value is -0.140. The average Bonchev–Trinajstić information content (AvgIpc) is 2.83. The lowest BCUT2D eigenvalue weighted by atomic mass is 10.3. The van der Waals surface area contributed by atoms with E-state index in [9.17, 15) is 0 Å². The van der Waals surface area contributed by atoms with Crippen LogP contribution in [0.5, 0.6) is 0 Å². The quantitative estimate of drug-likeness (QED) is 0.783. The highest BCUT2D eigenvalue weighted by Crippen LogP contribution is 2.32. The summed E-state index contributed by atoms with van der Waals surface area (Å²) in [4.78, 5) is 8.61. The number of nitrogens with zero attached hydrogens (tertiary/aromatic N) is 2.